The Hall–Kier alpha value is -1.10. The number of piperidine rings is 1. The number of nitrogens with zero attached hydrogens (tertiary/aromatic N) is 1. The number of hydrogen-bond acceptors (Lipinski definition) is 4. The Morgan fingerprint density at radius 2 is 1.86 bits per heavy atom. The summed E-state index contributed by atoms with van der Waals surface area (Å²) in [6, 6.07) is 9.54. The standard InChI is InChI=1S/C17H27N3O/c1-17(2,3)21-13-7-5-12(6-8-13)16-14-11-20(4)10-9-15(14)18-19-16/h5-8,14-16,18-19H,9-11H2,1-4H3. The monoisotopic (exact) mass is 289 g/mol. The lowest BCUT2D eigenvalue weighted by Gasteiger charge is -2.33. The van der Waals surface area contributed by atoms with Crippen LogP contribution >= 0.6 is 0 Å². The van der Waals surface area contributed by atoms with Crippen LogP contribution in [0.4, 0.5) is 0 Å². The SMILES string of the molecule is CN1CCC2NNC(c3ccc(OC(C)(C)C)cc3)C2C1. The van der Waals surface area contributed by atoms with E-state index in [1.54, 1.807) is 0 Å². The van der Waals surface area contributed by atoms with E-state index in [0.29, 0.717) is 18.0 Å². The summed E-state index contributed by atoms with van der Waals surface area (Å²) in [5.74, 6) is 1.58. The van der Waals surface area contributed by atoms with Crippen LogP contribution in [0, 0.1) is 5.92 Å². The highest BCUT2D eigenvalue weighted by atomic mass is 16.5. The molecular formula is C17H27N3O. The van der Waals surface area contributed by atoms with Crippen molar-refractivity contribution >= 4 is 0 Å². The van der Waals surface area contributed by atoms with Gasteiger partial charge in [-0.2, -0.15) is 0 Å². The van der Waals surface area contributed by atoms with Gasteiger partial charge in [-0.3, -0.25) is 5.43 Å². The Kier molecular flexibility index (Phi) is 3.95. The lowest BCUT2D eigenvalue weighted by Crippen LogP contribution is -2.43. The van der Waals surface area contributed by atoms with Crippen molar-refractivity contribution in [3.8, 4) is 5.75 Å². The van der Waals surface area contributed by atoms with Crippen LogP contribution in [0.15, 0.2) is 24.3 Å². The van der Waals surface area contributed by atoms with E-state index in [4.69, 9.17) is 4.74 Å². The van der Waals surface area contributed by atoms with Gasteiger partial charge in [-0.15, -0.1) is 0 Å². The topological polar surface area (TPSA) is 36.5 Å². The molecule has 0 aliphatic carbocycles. The Morgan fingerprint density at radius 1 is 1.14 bits per heavy atom. The van der Waals surface area contributed by atoms with E-state index in [-0.39, 0.29) is 5.60 Å². The van der Waals surface area contributed by atoms with Crippen molar-refractivity contribution in [2.24, 2.45) is 5.92 Å². The van der Waals surface area contributed by atoms with Crippen LogP contribution in [0.1, 0.15) is 38.8 Å². The first kappa shape index (κ1) is 14.8. The summed E-state index contributed by atoms with van der Waals surface area (Å²) in [5.41, 5.74) is 8.15. The van der Waals surface area contributed by atoms with E-state index in [0.717, 1.165) is 12.3 Å². The molecule has 3 atom stereocenters. The highest BCUT2D eigenvalue weighted by Crippen LogP contribution is 2.34. The third kappa shape index (κ3) is 3.39. The fraction of sp³-hybridized carbons (Fsp3) is 0.647. The molecule has 1 aromatic rings. The van der Waals surface area contributed by atoms with Crippen LogP contribution in [0.25, 0.3) is 0 Å². The minimum Gasteiger partial charge on any atom is -0.488 e. The smallest absolute Gasteiger partial charge is 0.120 e. The lowest BCUT2D eigenvalue weighted by atomic mass is 9.85. The molecule has 4 heteroatoms. The largest absolute Gasteiger partial charge is 0.488 e. The summed E-state index contributed by atoms with van der Waals surface area (Å²) < 4.78 is 5.90. The highest BCUT2D eigenvalue weighted by molar-refractivity contribution is 5.31. The van der Waals surface area contributed by atoms with Crippen LogP contribution in [-0.2, 0) is 0 Å². The molecule has 0 radical (unpaired) electrons. The van der Waals surface area contributed by atoms with Crippen molar-refractivity contribution in [2.75, 3.05) is 20.1 Å². The second-order valence-electron chi connectivity index (χ2n) is 7.37. The average molecular weight is 289 g/mol. The van der Waals surface area contributed by atoms with Gasteiger partial charge in [0.15, 0.2) is 0 Å². The molecule has 0 bridgehead atoms. The second-order valence-corrected chi connectivity index (χ2v) is 7.37. The van der Waals surface area contributed by atoms with Gasteiger partial charge in [0.25, 0.3) is 0 Å². The third-order valence-electron chi connectivity index (χ3n) is 4.38. The number of nitrogens with one attached hydrogen (secondary N) is 2. The predicted octanol–water partition coefficient (Wildman–Crippen LogP) is 2.33. The Morgan fingerprint density at radius 3 is 2.52 bits per heavy atom. The van der Waals surface area contributed by atoms with Gasteiger partial charge >= 0.3 is 0 Å². The first-order chi connectivity index (χ1) is 9.92. The van der Waals surface area contributed by atoms with Crippen LogP contribution in [0.2, 0.25) is 0 Å². The number of hydrogen-bond donors (Lipinski definition) is 2. The van der Waals surface area contributed by atoms with Crippen molar-refractivity contribution in [3.63, 3.8) is 0 Å². The number of benzene rings is 1. The van der Waals surface area contributed by atoms with Gasteiger partial charge in [0, 0.05) is 18.5 Å². The number of rotatable bonds is 2. The summed E-state index contributed by atoms with van der Waals surface area (Å²) in [4.78, 5) is 2.43. The maximum Gasteiger partial charge on any atom is 0.120 e. The Bertz CT molecular complexity index is 480. The fourth-order valence-electron chi connectivity index (χ4n) is 3.40. The fourth-order valence-corrected chi connectivity index (χ4v) is 3.40. The third-order valence-corrected chi connectivity index (χ3v) is 4.38. The van der Waals surface area contributed by atoms with Gasteiger partial charge in [-0.25, -0.2) is 5.43 Å². The van der Waals surface area contributed by atoms with Gasteiger partial charge in [0.1, 0.15) is 11.4 Å². The lowest BCUT2D eigenvalue weighted by molar-refractivity contribution is 0.131. The maximum absolute atomic E-state index is 5.90. The maximum atomic E-state index is 5.90. The van der Waals surface area contributed by atoms with Crippen molar-refractivity contribution < 1.29 is 4.74 Å². The van der Waals surface area contributed by atoms with Gasteiger partial charge in [0.05, 0.1) is 6.04 Å². The number of fused-ring (bicyclic) bond motifs is 1. The highest BCUT2D eigenvalue weighted by Gasteiger charge is 2.39. The zero-order valence-electron chi connectivity index (χ0n) is 13.5. The van der Waals surface area contributed by atoms with Crippen LogP contribution in [0.5, 0.6) is 5.75 Å². The van der Waals surface area contributed by atoms with Crippen molar-refractivity contribution in [3.05, 3.63) is 29.8 Å². The normalized spacial score (nSPS) is 30.2. The predicted molar refractivity (Wildman–Crippen MR) is 85.2 cm³/mol. The number of ether oxygens (including phenoxy) is 1. The molecule has 2 N–H and O–H groups in total. The summed E-state index contributed by atoms with van der Waals surface area (Å²) in [6.07, 6.45) is 1.22. The van der Waals surface area contributed by atoms with Crippen LogP contribution in [-0.4, -0.2) is 36.7 Å². The van der Waals surface area contributed by atoms with Crippen molar-refractivity contribution in [1.29, 1.82) is 0 Å². The van der Waals surface area contributed by atoms with E-state index in [9.17, 15) is 0 Å². The minimum absolute atomic E-state index is 0.147. The molecule has 2 aliphatic rings. The van der Waals surface area contributed by atoms with E-state index in [1.807, 2.05) is 0 Å². The molecular weight excluding hydrogens is 262 g/mol. The molecule has 3 unspecified atom stereocenters. The van der Waals surface area contributed by atoms with Crippen molar-refractivity contribution in [1.82, 2.24) is 15.8 Å². The Balaban J connectivity index is 1.72. The molecule has 2 fully saturated rings. The van der Waals surface area contributed by atoms with Gasteiger partial charge < -0.3 is 9.64 Å². The number of hydrazine groups is 1. The van der Waals surface area contributed by atoms with Crippen LogP contribution in [0.3, 0.4) is 0 Å². The second kappa shape index (κ2) is 5.59. The van der Waals surface area contributed by atoms with Crippen LogP contribution < -0.4 is 15.6 Å². The van der Waals surface area contributed by atoms with E-state index in [2.05, 4.69) is 67.8 Å². The molecule has 2 heterocycles. The summed E-state index contributed by atoms with van der Waals surface area (Å²) in [5, 5.41) is 0. The molecule has 116 valence electrons. The number of likely N-dealkylation sites (tertiary alicyclic amines) is 1. The molecule has 0 spiro atoms. The van der Waals surface area contributed by atoms with Gasteiger partial charge in [-0.05, 0) is 58.5 Å². The van der Waals surface area contributed by atoms with Gasteiger partial charge in [0.2, 0.25) is 0 Å². The van der Waals surface area contributed by atoms with Crippen molar-refractivity contribution in [2.45, 2.75) is 44.9 Å². The Labute approximate surface area is 127 Å². The average Bonchev–Trinajstić information content (AvgIpc) is 2.81. The van der Waals surface area contributed by atoms with E-state index in [1.165, 1.54) is 18.5 Å². The van der Waals surface area contributed by atoms with Gasteiger partial charge in [-0.1, -0.05) is 12.1 Å². The molecule has 3 rings (SSSR count). The molecule has 0 aromatic heterocycles. The molecule has 0 amide bonds. The summed E-state index contributed by atoms with van der Waals surface area (Å²) in [6.45, 7) is 8.56. The molecule has 1 aromatic carbocycles. The molecule has 2 aliphatic heterocycles. The molecule has 21 heavy (non-hydrogen) atoms. The first-order valence-corrected chi connectivity index (χ1v) is 7.91. The van der Waals surface area contributed by atoms with E-state index < -0.39 is 0 Å². The minimum atomic E-state index is -0.147. The molecule has 4 nitrogen and oxygen atoms in total. The summed E-state index contributed by atoms with van der Waals surface area (Å²) >= 11 is 0. The van der Waals surface area contributed by atoms with E-state index >= 15 is 0 Å². The zero-order chi connectivity index (χ0) is 15.0. The summed E-state index contributed by atoms with van der Waals surface area (Å²) in [7, 11) is 2.21. The quantitative estimate of drug-likeness (QED) is 0.876. The zero-order valence-corrected chi connectivity index (χ0v) is 13.5. The molecule has 0 saturated carbocycles. The first-order valence-electron chi connectivity index (χ1n) is 7.91. The molecule has 2 saturated heterocycles.